The largest absolute Gasteiger partial charge is 0.491 e. The number of hydrogen-bond acceptors (Lipinski definition) is 5. The van der Waals surface area contributed by atoms with Crippen LogP contribution in [0.3, 0.4) is 0 Å². The van der Waals surface area contributed by atoms with Crippen molar-refractivity contribution in [2.24, 2.45) is 0 Å². The fraction of sp³-hybridized carbons (Fsp3) is 0.375. The number of methoxy groups -OCH3 is 1. The summed E-state index contributed by atoms with van der Waals surface area (Å²) in [6.45, 7) is 2.97. The first-order chi connectivity index (χ1) is 10.3. The molecule has 1 atom stereocenters. The molecule has 0 aliphatic heterocycles. The van der Waals surface area contributed by atoms with Crippen LogP contribution < -0.4 is 10.1 Å². The topological polar surface area (TPSA) is 56.3 Å². The van der Waals surface area contributed by atoms with Crippen LogP contribution in [0.25, 0.3) is 0 Å². The predicted molar refractivity (Wildman–Crippen MR) is 81.5 cm³/mol. The molecule has 0 spiro atoms. The number of ether oxygens (including phenoxy) is 2. The van der Waals surface area contributed by atoms with Crippen LogP contribution in [-0.4, -0.2) is 37.3 Å². The quantitative estimate of drug-likeness (QED) is 0.791. The number of aromatic nitrogens is 2. The Morgan fingerprint density at radius 3 is 2.71 bits per heavy atom. The van der Waals surface area contributed by atoms with Gasteiger partial charge in [-0.2, -0.15) is 0 Å². The molecule has 21 heavy (non-hydrogen) atoms. The average molecular weight is 287 g/mol. The summed E-state index contributed by atoms with van der Waals surface area (Å²) >= 11 is 0. The van der Waals surface area contributed by atoms with Gasteiger partial charge in [0.05, 0.1) is 18.3 Å². The summed E-state index contributed by atoms with van der Waals surface area (Å²) in [6.07, 6.45) is 1.77. The highest BCUT2D eigenvalue weighted by atomic mass is 16.5. The van der Waals surface area contributed by atoms with E-state index >= 15 is 0 Å². The molecular formula is C16H21N3O2. The zero-order valence-electron chi connectivity index (χ0n) is 12.7. The van der Waals surface area contributed by atoms with Crippen LogP contribution in [0.4, 0.5) is 0 Å². The van der Waals surface area contributed by atoms with E-state index in [-0.39, 0.29) is 6.04 Å². The smallest absolute Gasteiger partial charge is 0.125 e. The lowest BCUT2D eigenvalue weighted by molar-refractivity contribution is 0.145. The van der Waals surface area contributed by atoms with E-state index in [1.54, 1.807) is 13.3 Å². The van der Waals surface area contributed by atoms with Gasteiger partial charge in [-0.3, -0.25) is 0 Å². The molecule has 1 unspecified atom stereocenters. The number of benzene rings is 1. The molecule has 5 heteroatoms. The van der Waals surface area contributed by atoms with Gasteiger partial charge in [0.15, 0.2) is 0 Å². The minimum atomic E-state index is -0.0366. The summed E-state index contributed by atoms with van der Waals surface area (Å²) in [5, 5.41) is 3.29. The van der Waals surface area contributed by atoms with Crippen LogP contribution in [0.1, 0.15) is 23.1 Å². The Morgan fingerprint density at radius 1 is 1.19 bits per heavy atom. The highest BCUT2D eigenvalue weighted by Gasteiger charge is 2.18. The Morgan fingerprint density at radius 2 is 2.00 bits per heavy atom. The fourth-order valence-corrected chi connectivity index (χ4v) is 2.18. The molecule has 1 aromatic heterocycles. The number of rotatable bonds is 7. The van der Waals surface area contributed by atoms with Gasteiger partial charge in [-0.1, -0.05) is 18.2 Å². The fourth-order valence-electron chi connectivity index (χ4n) is 2.18. The van der Waals surface area contributed by atoms with Gasteiger partial charge in [0.2, 0.25) is 0 Å². The van der Waals surface area contributed by atoms with Crippen LogP contribution >= 0.6 is 0 Å². The van der Waals surface area contributed by atoms with Crippen molar-refractivity contribution in [3.8, 4) is 5.75 Å². The van der Waals surface area contributed by atoms with Crippen molar-refractivity contribution in [1.82, 2.24) is 15.3 Å². The third-order valence-electron chi connectivity index (χ3n) is 3.16. The van der Waals surface area contributed by atoms with Crippen molar-refractivity contribution in [3.05, 3.63) is 53.6 Å². The highest BCUT2D eigenvalue weighted by Crippen LogP contribution is 2.28. The molecular weight excluding hydrogens is 266 g/mol. The van der Waals surface area contributed by atoms with Crippen LogP contribution in [-0.2, 0) is 4.74 Å². The summed E-state index contributed by atoms with van der Waals surface area (Å²) in [5.74, 6) is 1.59. The average Bonchev–Trinajstić information content (AvgIpc) is 2.50. The molecule has 0 amide bonds. The van der Waals surface area contributed by atoms with Gasteiger partial charge < -0.3 is 14.8 Å². The Kier molecular flexibility index (Phi) is 5.66. The molecule has 2 rings (SSSR count). The monoisotopic (exact) mass is 287 g/mol. The van der Waals surface area contributed by atoms with Crippen molar-refractivity contribution in [3.63, 3.8) is 0 Å². The molecule has 0 bridgehead atoms. The minimum absolute atomic E-state index is 0.0366. The van der Waals surface area contributed by atoms with E-state index < -0.39 is 0 Å². The molecule has 0 aliphatic carbocycles. The van der Waals surface area contributed by atoms with Crippen molar-refractivity contribution in [2.75, 3.05) is 27.4 Å². The third-order valence-corrected chi connectivity index (χ3v) is 3.16. The third kappa shape index (κ3) is 4.00. The molecule has 112 valence electrons. The summed E-state index contributed by atoms with van der Waals surface area (Å²) in [6, 6.07) is 9.84. The minimum Gasteiger partial charge on any atom is -0.491 e. The van der Waals surface area contributed by atoms with E-state index in [1.807, 2.05) is 44.3 Å². The van der Waals surface area contributed by atoms with Crippen LogP contribution in [0.5, 0.6) is 5.75 Å². The van der Waals surface area contributed by atoms with Crippen LogP contribution in [0.2, 0.25) is 0 Å². The Labute approximate surface area is 125 Å². The highest BCUT2D eigenvalue weighted by molar-refractivity contribution is 5.39. The molecule has 0 radical (unpaired) electrons. The normalized spacial score (nSPS) is 12.1. The maximum atomic E-state index is 5.80. The second-order valence-corrected chi connectivity index (χ2v) is 4.63. The SMILES string of the molecule is CNC(c1ccnc(C)n1)c1ccccc1OCCOC. The van der Waals surface area contributed by atoms with E-state index in [0.29, 0.717) is 13.2 Å². The second-order valence-electron chi connectivity index (χ2n) is 4.63. The zero-order chi connectivity index (χ0) is 15.1. The molecule has 1 aromatic carbocycles. The maximum absolute atomic E-state index is 5.80. The van der Waals surface area contributed by atoms with Crippen molar-refractivity contribution < 1.29 is 9.47 Å². The maximum Gasteiger partial charge on any atom is 0.125 e. The standard InChI is InChI=1S/C16H21N3O2/c1-12-18-9-8-14(19-12)16(17-2)13-6-4-5-7-15(13)21-11-10-20-3/h4-9,16-17H,10-11H2,1-3H3. The predicted octanol–water partition coefficient (Wildman–Crippen LogP) is 2.12. The van der Waals surface area contributed by atoms with Gasteiger partial charge in [0.25, 0.3) is 0 Å². The molecule has 5 nitrogen and oxygen atoms in total. The van der Waals surface area contributed by atoms with Gasteiger partial charge >= 0.3 is 0 Å². The summed E-state index contributed by atoms with van der Waals surface area (Å²) in [4.78, 5) is 8.65. The van der Waals surface area contributed by atoms with E-state index in [1.165, 1.54) is 0 Å². The number of hydrogen-bond donors (Lipinski definition) is 1. The Bertz CT molecular complexity index is 575. The van der Waals surface area contributed by atoms with Crippen molar-refractivity contribution in [2.45, 2.75) is 13.0 Å². The van der Waals surface area contributed by atoms with E-state index in [4.69, 9.17) is 9.47 Å². The van der Waals surface area contributed by atoms with Crippen LogP contribution in [0.15, 0.2) is 36.5 Å². The molecule has 2 aromatic rings. The second kappa shape index (κ2) is 7.71. The first kappa shape index (κ1) is 15.4. The number of nitrogens with zero attached hydrogens (tertiary/aromatic N) is 2. The van der Waals surface area contributed by atoms with Gasteiger partial charge in [-0.15, -0.1) is 0 Å². The van der Waals surface area contributed by atoms with Gasteiger partial charge in [0.1, 0.15) is 18.2 Å². The molecule has 0 aliphatic rings. The van der Waals surface area contributed by atoms with Gasteiger partial charge in [0, 0.05) is 18.9 Å². The molecule has 1 heterocycles. The van der Waals surface area contributed by atoms with E-state index in [2.05, 4.69) is 15.3 Å². The molecule has 0 saturated carbocycles. The van der Waals surface area contributed by atoms with Gasteiger partial charge in [-0.25, -0.2) is 9.97 Å². The van der Waals surface area contributed by atoms with Crippen molar-refractivity contribution in [1.29, 1.82) is 0 Å². The number of para-hydroxylation sites is 1. The Balaban J connectivity index is 2.29. The summed E-state index contributed by atoms with van der Waals surface area (Å²) in [7, 11) is 3.57. The first-order valence-corrected chi connectivity index (χ1v) is 6.93. The lowest BCUT2D eigenvalue weighted by atomic mass is 10.0. The Hall–Kier alpha value is -1.98. The molecule has 1 N–H and O–H groups in total. The zero-order valence-corrected chi connectivity index (χ0v) is 12.7. The summed E-state index contributed by atoms with van der Waals surface area (Å²) in [5.41, 5.74) is 1.97. The molecule has 0 saturated heterocycles. The van der Waals surface area contributed by atoms with Gasteiger partial charge in [-0.05, 0) is 26.1 Å². The van der Waals surface area contributed by atoms with Crippen LogP contribution in [0, 0.1) is 6.92 Å². The van der Waals surface area contributed by atoms with Crippen molar-refractivity contribution >= 4 is 0 Å². The van der Waals surface area contributed by atoms with E-state index in [9.17, 15) is 0 Å². The number of nitrogens with one attached hydrogen (secondary N) is 1. The van der Waals surface area contributed by atoms with E-state index in [0.717, 1.165) is 22.8 Å². The molecule has 0 fully saturated rings. The first-order valence-electron chi connectivity index (χ1n) is 6.93. The number of aryl methyl sites for hydroxylation is 1. The lowest BCUT2D eigenvalue weighted by Crippen LogP contribution is -2.20. The lowest BCUT2D eigenvalue weighted by Gasteiger charge is -2.20. The summed E-state index contributed by atoms with van der Waals surface area (Å²) < 4.78 is 10.8.